The second-order valence-corrected chi connectivity index (χ2v) is 2.84. The van der Waals surface area contributed by atoms with Crippen molar-refractivity contribution >= 4 is 12.4 Å². The maximum Gasteiger partial charge on any atom is 0.298 e. The minimum atomic E-state index is -0.558. The van der Waals surface area contributed by atoms with Crippen molar-refractivity contribution in [1.29, 1.82) is 0 Å². The number of rotatable bonds is 2. The topological polar surface area (TPSA) is 55.4 Å². The molecule has 0 aromatic heterocycles. The molecule has 0 saturated heterocycles. The zero-order valence-electron chi connectivity index (χ0n) is 6.38. The number of hydrogen-bond acceptors (Lipinski definition) is 3. The fourth-order valence-electron chi connectivity index (χ4n) is 0.938. The Bertz CT molecular complexity index is 230. The Morgan fingerprint density at radius 1 is 1.64 bits per heavy atom. The highest BCUT2D eigenvalue weighted by Crippen LogP contribution is 2.20. The summed E-state index contributed by atoms with van der Waals surface area (Å²) in [6, 6.07) is 0. The highest BCUT2D eigenvalue weighted by molar-refractivity contribution is 5.92. The minimum Gasteiger partial charge on any atom is -0.431 e. The van der Waals surface area contributed by atoms with Gasteiger partial charge in [-0.25, -0.2) is 0 Å². The number of carbonyl (C=O) groups is 2. The van der Waals surface area contributed by atoms with Gasteiger partial charge >= 0.3 is 0 Å². The lowest BCUT2D eigenvalue weighted by Crippen LogP contribution is -2.38. The van der Waals surface area contributed by atoms with Crippen LogP contribution in [0.4, 0.5) is 0 Å². The zero-order chi connectivity index (χ0) is 8.48. The quantitative estimate of drug-likeness (QED) is 0.569. The summed E-state index contributed by atoms with van der Waals surface area (Å²) in [5.41, 5.74) is -0.558. The van der Waals surface area contributed by atoms with Crippen molar-refractivity contribution in [2.75, 3.05) is 0 Å². The second-order valence-electron chi connectivity index (χ2n) is 2.84. The van der Waals surface area contributed by atoms with Crippen molar-refractivity contribution < 1.29 is 14.3 Å². The molecule has 0 atom stereocenters. The van der Waals surface area contributed by atoms with Gasteiger partial charge in [0.2, 0.25) is 5.91 Å². The van der Waals surface area contributed by atoms with E-state index in [0.717, 1.165) is 0 Å². The molecule has 11 heavy (non-hydrogen) atoms. The minimum absolute atomic E-state index is 0.230. The Morgan fingerprint density at radius 2 is 2.27 bits per heavy atom. The van der Waals surface area contributed by atoms with Gasteiger partial charge in [-0.05, 0) is 13.8 Å². The molecule has 0 bridgehead atoms. The lowest BCUT2D eigenvalue weighted by Gasteiger charge is -2.19. The highest BCUT2D eigenvalue weighted by atomic mass is 16.5. The van der Waals surface area contributed by atoms with Gasteiger partial charge in [-0.1, -0.05) is 0 Å². The van der Waals surface area contributed by atoms with Crippen LogP contribution in [-0.4, -0.2) is 17.9 Å². The molecule has 0 saturated carbocycles. The Morgan fingerprint density at radius 3 is 2.64 bits per heavy atom. The van der Waals surface area contributed by atoms with Crippen LogP contribution in [0, 0.1) is 0 Å². The van der Waals surface area contributed by atoms with Crippen molar-refractivity contribution in [2.24, 2.45) is 0 Å². The highest BCUT2D eigenvalue weighted by Gasteiger charge is 2.32. The van der Waals surface area contributed by atoms with Crippen LogP contribution < -0.4 is 5.32 Å². The summed E-state index contributed by atoms with van der Waals surface area (Å²) in [6.45, 7) is 3.83. The van der Waals surface area contributed by atoms with Crippen LogP contribution in [0.1, 0.15) is 13.8 Å². The molecule has 1 N–H and O–H groups in total. The van der Waals surface area contributed by atoms with Crippen LogP contribution in [0.5, 0.6) is 0 Å². The Balaban J connectivity index is 2.82. The van der Waals surface area contributed by atoms with Crippen molar-refractivity contribution in [3.63, 3.8) is 0 Å². The number of hydrogen-bond donors (Lipinski definition) is 1. The maximum atomic E-state index is 10.8. The van der Waals surface area contributed by atoms with Gasteiger partial charge < -0.3 is 10.1 Å². The summed E-state index contributed by atoms with van der Waals surface area (Å²) in [5.74, 6) is 0.129. The average molecular weight is 155 g/mol. The molecule has 0 spiro atoms. The molecule has 1 rings (SSSR count). The monoisotopic (exact) mass is 155 g/mol. The third-order valence-corrected chi connectivity index (χ3v) is 1.49. The molecule has 4 nitrogen and oxygen atoms in total. The van der Waals surface area contributed by atoms with E-state index in [1.165, 1.54) is 6.08 Å². The molecule has 0 unspecified atom stereocenters. The van der Waals surface area contributed by atoms with Gasteiger partial charge in [0.25, 0.3) is 6.47 Å². The molecule has 0 aromatic rings. The van der Waals surface area contributed by atoms with Gasteiger partial charge in [-0.2, -0.15) is 0 Å². The van der Waals surface area contributed by atoms with Crippen molar-refractivity contribution in [3.05, 3.63) is 11.8 Å². The van der Waals surface area contributed by atoms with E-state index in [0.29, 0.717) is 12.2 Å². The molecule has 1 heterocycles. The number of carbonyl (C=O) groups excluding carboxylic acids is 2. The molecule has 1 aliphatic heterocycles. The third-order valence-electron chi connectivity index (χ3n) is 1.49. The van der Waals surface area contributed by atoms with Crippen LogP contribution in [0.3, 0.4) is 0 Å². The first-order valence-electron chi connectivity index (χ1n) is 3.21. The summed E-state index contributed by atoms with van der Waals surface area (Å²) in [4.78, 5) is 20.7. The van der Waals surface area contributed by atoms with Gasteiger partial charge in [0, 0.05) is 6.08 Å². The fraction of sp³-hybridized carbons (Fsp3) is 0.429. The summed E-state index contributed by atoms with van der Waals surface area (Å²) in [7, 11) is 0. The Hall–Kier alpha value is -1.32. The number of ether oxygens (including phenoxy) is 1. The Labute approximate surface area is 64.2 Å². The molecule has 1 aliphatic rings. The first-order chi connectivity index (χ1) is 5.06. The zero-order valence-corrected chi connectivity index (χ0v) is 6.38. The van der Waals surface area contributed by atoms with Crippen LogP contribution in [0.2, 0.25) is 0 Å². The molecule has 1 amide bonds. The van der Waals surface area contributed by atoms with Crippen LogP contribution in [-0.2, 0) is 14.3 Å². The molecule has 0 aromatic carbocycles. The van der Waals surface area contributed by atoms with Gasteiger partial charge in [0.1, 0.15) is 5.76 Å². The largest absolute Gasteiger partial charge is 0.431 e. The van der Waals surface area contributed by atoms with E-state index in [9.17, 15) is 9.59 Å². The van der Waals surface area contributed by atoms with Crippen molar-refractivity contribution in [3.8, 4) is 0 Å². The summed E-state index contributed by atoms with van der Waals surface area (Å²) < 4.78 is 4.59. The lowest BCUT2D eigenvalue weighted by molar-refractivity contribution is -0.126. The van der Waals surface area contributed by atoms with E-state index in [1.807, 2.05) is 0 Å². The molecule has 0 radical (unpaired) electrons. The predicted octanol–water partition coefficient (Wildman–Crippen LogP) is -0.0483. The number of nitrogens with one attached hydrogen (secondary N) is 1. The van der Waals surface area contributed by atoms with Crippen LogP contribution in [0.15, 0.2) is 11.8 Å². The van der Waals surface area contributed by atoms with Crippen molar-refractivity contribution in [2.45, 2.75) is 19.4 Å². The molecule has 4 heteroatoms. The predicted molar refractivity (Wildman–Crippen MR) is 37.5 cm³/mol. The van der Waals surface area contributed by atoms with E-state index in [2.05, 4.69) is 10.1 Å². The fourth-order valence-corrected chi connectivity index (χ4v) is 0.938. The third kappa shape index (κ3) is 1.39. The summed E-state index contributed by atoms with van der Waals surface area (Å²) >= 11 is 0. The Kier molecular flexibility index (Phi) is 1.68. The lowest BCUT2D eigenvalue weighted by atomic mass is 10.1. The molecule has 0 aliphatic carbocycles. The SMILES string of the molecule is CC1(C)NC(=O)C=C1OC=O. The van der Waals surface area contributed by atoms with Gasteiger partial charge in [-0.15, -0.1) is 0 Å². The molecular weight excluding hydrogens is 146 g/mol. The average Bonchev–Trinajstić information content (AvgIpc) is 2.07. The molecular formula is C7H9NO3. The second kappa shape index (κ2) is 2.38. The van der Waals surface area contributed by atoms with E-state index in [1.54, 1.807) is 13.8 Å². The summed E-state index contributed by atoms with van der Waals surface area (Å²) in [5, 5.41) is 2.61. The van der Waals surface area contributed by atoms with Gasteiger partial charge in [0.05, 0.1) is 5.54 Å². The van der Waals surface area contributed by atoms with E-state index < -0.39 is 5.54 Å². The molecule has 60 valence electrons. The van der Waals surface area contributed by atoms with Gasteiger partial charge in [0.15, 0.2) is 0 Å². The first-order valence-corrected chi connectivity index (χ1v) is 3.21. The van der Waals surface area contributed by atoms with Crippen LogP contribution >= 0.6 is 0 Å². The summed E-state index contributed by atoms with van der Waals surface area (Å²) in [6.07, 6.45) is 1.27. The normalized spacial score (nSPS) is 20.5. The first kappa shape index (κ1) is 7.78. The van der Waals surface area contributed by atoms with Gasteiger partial charge in [-0.3, -0.25) is 9.59 Å². The van der Waals surface area contributed by atoms with E-state index in [4.69, 9.17) is 0 Å². The number of amides is 1. The molecule has 0 fully saturated rings. The smallest absolute Gasteiger partial charge is 0.298 e. The standard InChI is InChI=1S/C7H9NO3/c1-7(2)5(11-4-9)3-6(10)8-7/h3-4H,1-2H3,(H,8,10). The van der Waals surface area contributed by atoms with Crippen molar-refractivity contribution in [1.82, 2.24) is 5.32 Å². The van der Waals surface area contributed by atoms with E-state index >= 15 is 0 Å². The maximum absolute atomic E-state index is 10.8. The van der Waals surface area contributed by atoms with Crippen LogP contribution in [0.25, 0.3) is 0 Å². The van der Waals surface area contributed by atoms with E-state index in [-0.39, 0.29) is 5.91 Å².